The lowest BCUT2D eigenvalue weighted by molar-refractivity contribution is -0.122. The van der Waals surface area contributed by atoms with Gasteiger partial charge in [0, 0.05) is 45.5 Å². The highest BCUT2D eigenvalue weighted by atomic mass is 32.2. The van der Waals surface area contributed by atoms with Gasteiger partial charge < -0.3 is 4.90 Å². The first kappa shape index (κ1) is 25.6. The van der Waals surface area contributed by atoms with Crippen LogP contribution in [0.2, 0.25) is 0 Å². The molecule has 0 radical (unpaired) electrons. The Bertz CT molecular complexity index is 1430. The number of hydrogen-bond acceptors (Lipinski definition) is 7. The fourth-order valence-electron chi connectivity index (χ4n) is 4.73. The zero-order valence-electron chi connectivity index (χ0n) is 21.4. The molecule has 1 amide bonds. The van der Waals surface area contributed by atoms with Crippen molar-refractivity contribution in [2.45, 2.75) is 27.3 Å². The second-order valence-corrected chi connectivity index (χ2v) is 11.7. The molecule has 2 saturated heterocycles. The van der Waals surface area contributed by atoms with E-state index in [-0.39, 0.29) is 11.5 Å². The quantitative estimate of drug-likeness (QED) is 0.348. The number of carbonyl (C=O) groups excluding carboxylic acids is 1. The normalized spacial score (nSPS) is 18.1. The van der Waals surface area contributed by atoms with Crippen LogP contribution >= 0.6 is 24.0 Å². The monoisotopic (exact) mass is 533 g/mol. The van der Waals surface area contributed by atoms with E-state index in [1.807, 2.05) is 25.1 Å². The van der Waals surface area contributed by atoms with E-state index < -0.39 is 0 Å². The number of hydrogen-bond donors (Lipinski definition) is 0. The van der Waals surface area contributed by atoms with E-state index in [1.54, 1.807) is 21.6 Å². The Balaban J connectivity index is 1.48. The molecule has 5 rings (SSSR count). The van der Waals surface area contributed by atoms with E-state index in [4.69, 9.17) is 17.2 Å². The van der Waals surface area contributed by atoms with E-state index in [9.17, 15) is 9.59 Å². The van der Waals surface area contributed by atoms with Crippen molar-refractivity contribution in [3.05, 3.63) is 80.6 Å². The molecule has 4 heterocycles. The van der Waals surface area contributed by atoms with Gasteiger partial charge in [-0.25, -0.2) is 4.98 Å². The van der Waals surface area contributed by atoms with E-state index >= 15 is 0 Å². The van der Waals surface area contributed by atoms with Crippen LogP contribution < -0.4 is 10.5 Å². The Morgan fingerprint density at radius 3 is 2.49 bits per heavy atom. The van der Waals surface area contributed by atoms with E-state index in [0.29, 0.717) is 38.7 Å². The maximum Gasteiger partial charge on any atom is 0.267 e. The molecular weight excluding hydrogens is 502 g/mol. The molecule has 9 heteroatoms. The Hall–Kier alpha value is -3.01. The highest BCUT2D eigenvalue weighted by Crippen LogP contribution is 2.34. The standard InChI is InChI=1S/C28H31N5O2S2/c1-19(2)16-33-27(35)23(37-28(33)36)15-22-25(29-24-10-9-20(3)17-32(24)26(22)34)31-13-11-30(12-14-31)18-21-7-5-4-6-8-21/h4-10,15,17,19H,11-14,16,18H2,1-3H3. The minimum Gasteiger partial charge on any atom is -0.353 e. The van der Waals surface area contributed by atoms with Crippen molar-refractivity contribution in [2.24, 2.45) is 5.92 Å². The molecule has 192 valence electrons. The molecule has 3 aromatic rings. The molecule has 37 heavy (non-hydrogen) atoms. The number of pyridine rings is 1. The summed E-state index contributed by atoms with van der Waals surface area (Å²) in [6.45, 7) is 10.7. The number of carbonyl (C=O) groups is 1. The first-order chi connectivity index (χ1) is 17.8. The van der Waals surface area contributed by atoms with Gasteiger partial charge in [0.1, 0.15) is 15.8 Å². The largest absolute Gasteiger partial charge is 0.353 e. The van der Waals surface area contributed by atoms with Crippen LogP contribution in [-0.2, 0) is 11.3 Å². The predicted octanol–water partition coefficient (Wildman–Crippen LogP) is 4.18. The number of benzene rings is 1. The van der Waals surface area contributed by atoms with Crippen LogP contribution in [0.5, 0.6) is 0 Å². The molecule has 0 saturated carbocycles. The summed E-state index contributed by atoms with van der Waals surface area (Å²) in [6.07, 6.45) is 3.50. The van der Waals surface area contributed by atoms with Gasteiger partial charge in [-0.05, 0) is 36.1 Å². The Morgan fingerprint density at radius 1 is 1.05 bits per heavy atom. The lowest BCUT2D eigenvalue weighted by atomic mass is 10.1. The smallest absolute Gasteiger partial charge is 0.267 e. The van der Waals surface area contributed by atoms with Crippen molar-refractivity contribution in [2.75, 3.05) is 37.6 Å². The number of amides is 1. The number of rotatable bonds is 6. The van der Waals surface area contributed by atoms with E-state index in [2.05, 4.69) is 47.9 Å². The lowest BCUT2D eigenvalue weighted by Gasteiger charge is -2.36. The minimum absolute atomic E-state index is 0.143. The number of fused-ring (bicyclic) bond motifs is 1. The van der Waals surface area contributed by atoms with Gasteiger partial charge in [-0.3, -0.25) is 23.8 Å². The average molecular weight is 534 g/mol. The lowest BCUT2D eigenvalue weighted by Crippen LogP contribution is -2.47. The molecule has 7 nitrogen and oxygen atoms in total. The topological polar surface area (TPSA) is 61.2 Å². The molecule has 0 bridgehead atoms. The molecule has 2 aliphatic rings. The van der Waals surface area contributed by atoms with Crippen LogP contribution in [0.4, 0.5) is 5.82 Å². The van der Waals surface area contributed by atoms with Crippen LogP contribution in [0.25, 0.3) is 11.7 Å². The van der Waals surface area contributed by atoms with Crippen molar-refractivity contribution >= 4 is 51.7 Å². The number of anilines is 1. The third-order valence-corrected chi connectivity index (χ3v) is 7.98. The first-order valence-electron chi connectivity index (χ1n) is 12.6. The van der Waals surface area contributed by atoms with Gasteiger partial charge in [0.15, 0.2) is 0 Å². The third-order valence-electron chi connectivity index (χ3n) is 6.60. The van der Waals surface area contributed by atoms with Crippen molar-refractivity contribution in [3.63, 3.8) is 0 Å². The highest BCUT2D eigenvalue weighted by molar-refractivity contribution is 8.26. The van der Waals surface area contributed by atoms with Gasteiger partial charge >= 0.3 is 0 Å². The third kappa shape index (κ3) is 5.49. The first-order valence-corrected chi connectivity index (χ1v) is 13.8. The van der Waals surface area contributed by atoms with Gasteiger partial charge in [-0.2, -0.15) is 0 Å². The van der Waals surface area contributed by atoms with Crippen LogP contribution in [0.3, 0.4) is 0 Å². The summed E-state index contributed by atoms with van der Waals surface area (Å²) in [5.74, 6) is 0.777. The maximum atomic E-state index is 13.8. The summed E-state index contributed by atoms with van der Waals surface area (Å²) in [5, 5.41) is 0. The predicted molar refractivity (Wildman–Crippen MR) is 155 cm³/mol. The summed E-state index contributed by atoms with van der Waals surface area (Å²) in [6, 6.07) is 14.3. The van der Waals surface area contributed by atoms with E-state index in [1.165, 1.54) is 17.3 Å². The van der Waals surface area contributed by atoms with Gasteiger partial charge in [-0.1, -0.05) is 74.2 Å². The molecule has 0 N–H and O–H groups in total. The molecule has 2 aromatic heterocycles. The fraction of sp³-hybridized carbons (Fsp3) is 0.357. The summed E-state index contributed by atoms with van der Waals surface area (Å²) in [7, 11) is 0. The molecule has 0 spiro atoms. The zero-order chi connectivity index (χ0) is 26.1. The molecule has 2 aliphatic heterocycles. The van der Waals surface area contributed by atoms with Crippen molar-refractivity contribution < 1.29 is 4.79 Å². The Kier molecular flexibility index (Phi) is 7.46. The summed E-state index contributed by atoms with van der Waals surface area (Å²) >= 11 is 6.75. The maximum absolute atomic E-state index is 13.8. The van der Waals surface area contributed by atoms with Crippen LogP contribution in [0, 0.1) is 12.8 Å². The number of aryl methyl sites for hydroxylation is 1. The highest BCUT2D eigenvalue weighted by Gasteiger charge is 2.33. The number of thiocarbonyl (C=S) groups is 1. The molecule has 1 aromatic carbocycles. The van der Waals surface area contributed by atoms with Crippen LogP contribution in [-0.4, -0.2) is 62.1 Å². The molecule has 0 atom stereocenters. The van der Waals surface area contributed by atoms with Crippen LogP contribution in [0.1, 0.15) is 30.5 Å². The molecule has 2 fully saturated rings. The minimum atomic E-state index is -0.176. The van der Waals surface area contributed by atoms with Crippen molar-refractivity contribution in [1.82, 2.24) is 19.2 Å². The SMILES string of the molecule is Cc1ccc2nc(N3CCN(Cc4ccccc4)CC3)c(C=C3SC(=S)N(CC(C)C)C3=O)c(=O)n2c1. The molecule has 0 unspecified atom stereocenters. The summed E-state index contributed by atoms with van der Waals surface area (Å²) in [4.78, 5) is 38.6. The molecule has 0 aliphatic carbocycles. The summed E-state index contributed by atoms with van der Waals surface area (Å²) in [5.41, 5.74) is 3.11. The van der Waals surface area contributed by atoms with Crippen LogP contribution in [0.15, 0.2) is 58.4 Å². The van der Waals surface area contributed by atoms with Gasteiger partial charge in [0.25, 0.3) is 11.5 Å². The average Bonchev–Trinajstić information content (AvgIpc) is 3.14. The second-order valence-electron chi connectivity index (χ2n) is 10.0. The van der Waals surface area contributed by atoms with E-state index in [0.717, 1.165) is 38.3 Å². The van der Waals surface area contributed by atoms with Gasteiger partial charge in [0.05, 0.1) is 10.5 Å². The number of nitrogens with zero attached hydrogens (tertiary/aromatic N) is 5. The van der Waals surface area contributed by atoms with Gasteiger partial charge in [0.2, 0.25) is 0 Å². The molecular formula is C28H31N5O2S2. The fourth-order valence-corrected chi connectivity index (χ4v) is 5.98. The number of thioether (sulfide) groups is 1. The van der Waals surface area contributed by atoms with Crippen molar-refractivity contribution in [3.8, 4) is 0 Å². The Morgan fingerprint density at radius 2 is 1.78 bits per heavy atom. The van der Waals surface area contributed by atoms with Crippen molar-refractivity contribution in [1.29, 1.82) is 0 Å². The second kappa shape index (κ2) is 10.8. The number of piperazine rings is 1. The Labute approximate surface area is 226 Å². The summed E-state index contributed by atoms with van der Waals surface area (Å²) < 4.78 is 2.11. The number of aromatic nitrogens is 2. The zero-order valence-corrected chi connectivity index (χ0v) is 23.0. The van der Waals surface area contributed by atoms with Gasteiger partial charge in [-0.15, -0.1) is 0 Å².